The van der Waals surface area contributed by atoms with Gasteiger partial charge in [0.2, 0.25) is 0 Å². The van der Waals surface area contributed by atoms with Crippen molar-refractivity contribution in [1.82, 2.24) is 5.32 Å². The summed E-state index contributed by atoms with van der Waals surface area (Å²) in [4.78, 5) is 24.6. The monoisotopic (exact) mass is 354 g/mol. The fourth-order valence-electron chi connectivity index (χ4n) is 2.67. The zero-order valence-corrected chi connectivity index (χ0v) is 15.8. The number of carbonyl (C=O) groups is 2. The molecule has 0 aliphatic heterocycles. The molecule has 0 aliphatic rings. The van der Waals surface area contributed by atoms with E-state index in [0.29, 0.717) is 30.2 Å². The molecular weight excluding hydrogens is 328 g/mol. The van der Waals surface area contributed by atoms with Gasteiger partial charge in [-0.1, -0.05) is 32.0 Å². The highest BCUT2D eigenvalue weighted by Crippen LogP contribution is 2.27. The lowest BCUT2D eigenvalue weighted by molar-refractivity contribution is 0.0935. The maximum Gasteiger partial charge on any atom is 0.255 e. The molecular formula is C21H26N2O3. The molecule has 2 N–H and O–H groups in total. The van der Waals surface area contributed by atoms with Crippen LogP contribution in [0, 0.1) is 6.92 Å². The normalized spacial score (nSPS) is 10.7. The SMILES string of the molecule is COCCNC(=O)c1ccc(C(=O)Nc2c(C)cccc2C(C)C)cc1. The van der Waals surface area contributed by atoms with Crippen molar-refractivity contribution in [2.75, 3.05) is 25.6 Å². The van der Waals surface area contributed by atoms with Gasteiger partial charge in [0, 0.05) is 30.5 Å². The summed E-state index contributed by atoms with van der Waals surface area (Å²) in [5, 5.41) is 5.76. The van der Waals surface area contributed by atoms with E-state index in [0.717, 1.165) is 16.8 Å². The Morgan fingerprint density at radius 2 is 1.62 bits per heavy atom. The maximum absolute atomic E-state index is 12.6. The third kappa shape index (κ3) is 4.92. The first-order valence-corrected chi connectivity index (χ1v) is 8.72. The van der Waals surface area contributed by atoms with E-state index >= 15 is 0 Å². The molecule has 0 fully saturated rings. The number of nitrogens with one attached hydrogen (secondary N) is 2. The number of methoxy groups -OCH3 is 1. The summed E-state index contributed by atoms with van der Waals surface area (Å²) in [5.41, 5.74) is 4.01. The van der Waals surface area contributed by atoms with Crippen molar-refractivity contribution < 1.29 is 14.3 Å². The van der Waals surface area contributed by atoms with E-state index in [1.54, 1.807) is 31.4 Å². The summed E-state index contributed by atoms with van der Waals surface area (Å²) in [6.45, 7) is 7.08. The van der Waals surface area contributed by atoms with Gasteiger partial charge in [-0.3, -0.25) is 9.59 Å². The van der Waals surface area contributed by atoms with Crippen LogP contribution in [0.4, 0.5) is 5.69 Å². The molecule has 0 saturated heterocycles. The molecule has 0 aromatic heterocycles. The van der Waals surface area contributed by atoms with Crippen LogP contribution in [0.15, 0.2) is 42.5 Å². The molecule has 0 spiro atoms. The van der Waals surface area contributed by atoms with E-state index in [1.165, 1.54) is 0 Å². The largest absolute Gasteiger partial charge is 0.383 e. The second-order valence-electron chi connectivity index (χ2n) is 6.47. The van der Waals surface area contributed by atoms with Gasteiger partial charge >= 0.3 is 0 Å². The third-order valence-corrected chi connectivity index (χ3v) is 4.17. The second-order valence-corrected chi connectivity index (χ2v) is 6.47. The van der Waals surface area contributed by atoms with Crippen LogP contribution < -0.4 is 10.6 Å². The Hall–Kier alpha value is -2.66. The molecule has 0 radical (unpaired) electrons. The Morgan fingerprint density at radius 1 is 1.00 bits per heavy atom. The van der Waals surface area contributed by atoms with E-state index in [1.807, 2.05) is 25.1 Å². The molecule has 2 rings (SSSR count). The first-order valence-electron chi connectivity index (χ1n) is 8.72. The molecule has 2 amide bonds. The molecule has 0 aliphatic carbocycles. The number of hydrogen-bond donors (Lipinski definition) is 2. The fraction of sp³-hybridized carbons (Fsp3) is 0.333. The number of hydrogen-bond acceptors (Lipinski definition) is 3. The number of anilines is 1. The number of aryl methyl sites for hydroxylation is 1. The van der Waals surface area contributed by atoms with Crippen molar-refractivity contribution in [3.8, 4) is 0 Å². The molecule has 0 atom stereocenters. The lowest BCUT2D eigenvalue weighted by Crippen LogP contribution is -2.27. The Kier molecular flexibility index (Phi) is 6.92. The highest BCUT2D eigenvalue weighted by atomic mass is 16.5. The topological polar surface area (TPSA) is 67.4 Å². The lowest BCUT2D eigenvalue weighted by Gasteiger charge is -2.16. The Bertz CT molecular complexity index is 767. The summed E-state index contributed by atoms with van der Waals surface area (Å²) >= 11 is 0. The minimum Gasteiger partial charge on any atom is -0.383 e. The van der Waals surface area contributed by atoms with E-state index in [9.17, 15) is 9.59 Å². The zero-order valence-electron chi connectivity index (χ0n) is 15.8. The minimum absolute atomic E-state index is 0.185. The van der Waals surface area contributed by atoms with Crippen LogP contribution in [-0.4, -0.2) is 32.1 Å². The van der Waals surface area contributed by atoms with Crippen molar-refractivity contribution in [3.05, 3.63) is 64.7 Å². The summed E-state index contributed by atoms with van der Waals surface area (Å²) in [6, 6.07) is 12.6. The standard InChI is InChI=1S/C21H26N2O3/c1-14(2)18-7-5-6-15(3)19(18)23-21(25)17-10-8-16(9-11-17)20(24)22-12-13-26-4/h5-11,14H,12-13H2,1-4H3,(H,22,24)(H,23,25). The quantitative estimate of drug-likeness (QED) is 0.744. The van der Waals surface area contributed by atoms with Crippen molar-refractivity contribution in [1.29, 1.82) is 0 Å². The minimum atomic E-state index is -0.187. The van der Waals surface area contributed by atoms with Crippen LogP contribution in [0.1, 0.15) is 51.6 Å². The molecule has 5 nitrogen and oxygen atoms in total. The Morgan fingerprint density at radius 3 is 2.19 bits per heavy atom. The van der Waals surface area contributed by atoms with Gasteiger partial charge in [-0.25, -0.2) is 0 Å². The number of para-hydroxylation sites is 1. The fourth-order valence-corrected chi connectivity index (χ4v) is 2.67. The van der Waals surface area contributed by atoms with Gasteiger partial charge < -0.3 is 15.4 Å². The Labute approximate surface area is 154 Å². The van der Waals surface area contributed by atoms with Crippen molar-refractivity contribution in [2.24, 2.45) is 0 Å². The second kappa shape index (κ2) is 9.15. The van der Waals surface area contributed by atoms with Crippen LogP contribution in [0.25, 0.3) is 0 Å². The predicted molar refractivity (Wildman–Crippen MR) is 104 cm³/mol. The zero-order chi connectivity index (χ0) is 19.1. The van der Waals surface area contributed by atoms with E-state index in [4.69, 9.17) is 4.74 Å². The Balaban J connectivity index is 2.11. The van der Waals surface area contributed by atoms with E-state index in [2.05, 4.69) is 24.5 Å². The number of ether oxygens (including phenoxy) is 1. The highest BCUT2D eigenvalue weighted by molar-refractivity contribution is 6.05. The molecule has 0 unspecified atom stereocenters. The summed E-state index contributed by atoms with van der Waals surface area (Å²) in [7, 11) is 1.58. The number of carbonyl (C=O) groups excluding carboxylic acids is 2. The molecule has 5 heteroatoms. The average Bonchev–Trinajstić information content (AvgIpc) is 2.63. The molecule has 138 valence electrons. The van der Waals surface area contributed by atoms with Gasteiger partial charge in [0.05, 0.1) is 6.61 Å². The smallest absolute Gasteiger partial charge is 0.255 e. The molecule has 2 aromatic carbocycles. The molecule has 0 bridgehead atoms. The van der Waals surface area contributed by atoms with Gasteiger partial charge in [-0.15, -0.1) is 0 Å². The van der Waals surface area contributed by atoms with Crippen LogP contribution in [0.5, 0.6) is 0 Å². The lowest BCUT2D eigenvalue weighted by atomic mass is 9.98. The van der Waals surface area contributed by atoms with Crippen molar-refractivity contribution >= 4 is 17.5 Å². The van der Waals surface area contributed by atoms with Crippen LogP contribution in [-0.2, 0) is 4.74 Å². The number of benzene rings is 2. The van der Waals surface area contributed by atoms with E-state index in [-0.39, 0.29) is 11.8 Å². The van der Waals surface area contributed by atoms with Crippen molar-refractivity contribution in [2.45, 2.75) is 26.7 Å². The molecule has 0 heterocycles. The summed E-state index contributed by atoms with van der Waals surface area (Å²) in [5.74, 6) is -0.0640. The summed E-state index contributed by atoms with van der Waals surface area (Å²) < 4.78 is 4.90. The van der Waals surface area contributed by atoms with Gasteiger partial charge in [0.25, 0.3) is 11.8 Å². The highest BCUT2D eigenvalue weighted by Gasteiger charge is 2.14. The van der Waals surface area contributed by atoms with Gasteiger partial charge in [-0.05, 0) is 48.2 Å². The van der Waals surface area contributed by atoms with Gasteiger partial charge in [-0.2, -0.15) is 0 Å². The van der Waals surface area contributed by atoms with E-state index < -0.39 is 0 Å². The molecule has 2 aromatic rings. The van der Waals surface area contributed by atoms with Crippen LogP contribution >= 0.6 is 0 Å². The maximum atomic E-state index is 12.6. The molecule has 0 saturated carbocycles. The van der Waals surface area contributed by atoms with Crippen LogP contribution in [0.2, 0.25) is 0 Å². The first kappa shape index (κ1) is 19.7. The number of rotatable bonds is 7. The van der Waals surface area contributed by atoms with Gasteiger partial charge in [0.15, 0.2) is 0 Å². The van der Waals surface area contributed by atoms with Crippen LogP contribution in [0.3, 0.4) is 0 Å². The predicted octanol–water partition coefficient (Wildman–Crippen LogP) is 3.75. The molecule has 26 heavy (non-hydrogen) atoms. The summed E-state index contributed by atoms with van der Waals surface area (Å²) in [6.07, 6.45) is 0. The van der Waals surface area contributed by atoms with Gasteiger partial charge in [0.1, 0.15) is 0 Å². The third-order valence-electron chi connectivity index (χ3n) is 4.17. The van der Waals surface area contributed by atoms with Crippen molar-refractivity contribution in [3.63, 3.8) is 0 Å². The number of amides is 2. The first-order chi connectivity index (χ1) is 12.4. The average molecular weight is 354 g/mol.